The van der Waals surface area contributed by atoms with Crippen molar-refractivity contribution >= 4 is 17.4 Å². The summed E-state index contributed by atoms with van der Waals surface area (Å²) in [6, 6.07) is 6.21. The Balaban J connectivity index is 2.54. The first kappa shape index (κ1) is 23.2. The maximum atomic E-state index is 12.6. The van der Waals surface area contributed by atoms with Crippen molar-refractivity contribution in [2.45, 2.75) is 33.6 Å². The van der Waals surface area contributed by atoms with Crippen LogP contribution in [0, 0.1) is 10.1 Å². The first-order valence-corrected chi connectivity index (χ1v) is 9.57. The number of rotatable bonds is 9. The summed E-state index contributed by atoms with van der Waals surface area (Å²) in [6.45, 7) is 8.59. The predicted octanol–water partition coefficient (Wildman–Crippen LogP) is 3.43. The third kappa shape index (κ3) is 5.31. The van der Waals surface area contributed by atoms with Crippen LogP contribution in [0.3, 0.4) is 0 Å². The highest BCUT2D eigenvalue weighted by Gasteiger charge is 2.35. The van der Waals surface area contributed by atoms with Crippen LogP contribution >= 0.6 is 0 Å². The minimum atomic E-state index is -0.599. The number of nitro benzene ring substituents is 1. The highest BCUT2D eigenvalue weighted by atomic mass is 16.7. The molecule has 9 nitrogen and oxygen atoms in total. The normalized spacial score (nSPS) is 18.0. The number of hydrogen-bond donors (Lipinski definition) is 1. The van der Waals surface area contributed by atoms with Crippen LogP contribution in [0.25, 0.3) is 0 Å². The molecule has 2 rings (SSSR count). The molecule has 1 heterocycles. The van der Waals surface area contributed by atoms with E-state index in [4.69, 9.17) is 14.3 Å². The summed E-state index contributed by atoms with van der Waals surface area (Å²) in [5, 5.41) is 11.3. The third-order valence-electron chi connectivity index (χ3n) is 4.68. The fourth-order valence-corrected chi connectivity index (χ4v) is 3.41. The van der Waals surface area contributed by atoms with E-state index in [-0.39, 0.29) is 5.69 Å². The number of methoxy groups -OCH3 is 1. The molecule has 1 aromatic rings. The first-order valence-electron chi connectivity index (χ1n) is 9.57. The van der Waals surface area contributed by atoms with E-state index >= 15 is 0 Å². The summed E-state index contributed by atoms with van der Waals surface area (Å²) in [7, 11) is 1.30. The maximum absolute atomic E-state index is 12.6. The Morgan fingerprint density at radius 2 is 2.03 bits per heavy atom. The minimum Gasteiger partial charge on any atom is -0.466 e. The van der Waals surface area contributed by atoms with Gasteiger partial charge in [0.05, 0.1) is 30.8 Å². The summed E-state index contributed by atoms with van der Waals surface area (Å²) in [5.41, 5.74) is 6.24. The average Bonchev–Trinajstić information content (AvgIpc) is 2.72. The summed E-state index contributed by atoms with van der Waals surface area (Å²) in [4.78, 5) is 33.4. The van der Waals surface area contributed by atoms with Gasteiger partial charge in [-0.25, -0.2) is 4.79 Å². The Kier molecular flexibility index (Phi) is 8.25. The Labute approximate surface area is 175 Å². The predicted molar refractivity (Wildman–Crippen MR) is 112 cm³/mol. The number of carbonyl (C=O) groups is 1. The van der Waals surface area contributed by atoms with E-state index in [0.717, 1.165) is 0 Å². The van der Waals surface area contributed by atoms with Gasteiger partial charge in [0, 0.05) is 47.3 Å². The molecule has 9 heteroatoms. The van der Waals surface area contributed by atoms with Gasteiger partial charge in [-0.05, 0) is 33.3 Å². The van der Waals surface area contributed by atoms with Crippen molar-refractivity contribution in [3.8, 4) is 0 Å². The highest BCUT2D eigenvalue weighted by molar-refractivity contribution is 6.06. The van der Waals surface area contributed by atoms with Crippen LogP contribution in [0.2, 0.25) is 0 Å². The standard InChI is InChI=1S/C21H27N3O6/c1-6-29-10-11-30-23-15(4)18-13(2)22-14(3)19(21(25)28-5)20(18)16-8-7-9-17(12-16)24(26)27/h7-9,12,20,23H,6,10-11H2,1-5H3/b18-15+. The summed E-state index contributed by atoms with van der Waals surface area (Å²) in [6.07, 6.45) is 0. The van der Waals surface area contributed by atoms with Crippen LogP contribution in [0.1, 0.15) is 39.2 Å². The molecule has 1 aromatic carbocycles. The zero-order valence-electron chi connectivity index (χ0n) is 17.9. The lowest BCUT2D eigenvalue weighted by molar-refractivity contribution is -0.384. The molecule has 30 heavy (non-hydrogen) atoms. The quantitative estimate of drug-likeness (QED) is 0.283. The summed E-state index contributed by atoms with van der Waals surface area (Å²) in [5.74, 6) is -1.14. The molecule has 1 aliphatic rings. The van der Waals surface area contributed by atoms with Gasteiger partial charge in [0.1, 0.15) is 0 Å². The van der Waals surface area contributed by atoms with Gasteiger partial charge >= 0.3 is 5.97 Å². The van der Waals surface area contributed by atoms with E-state index in [1.54, 1.807) is 26.0 Å². The van der Waals surface area contributed by atoms with Gasteiger partial charge < -0.3 is 9.47 Å². The minimum absolute atomic E-state index is 0.0625. The van der Waals surface area contributed by atoms with E-state index in [1.165, 1.54) is 19.2 Å². The molecule has 0 aromatic heterocycles. The van der Waals surface area contributed by atoms with Crippen molar-refractivity contribution in [1.82, 2.24) is 5.48 Å². The number of carbonyl (C=O) groups excluding carboxylic acids is 1. The van der Waals surface area contributed by atoms with Crippen molar-refractivity contribution in [1.29, 1.82) is 0 Å². The molecule has 1 aliphatic heterocycles. The molecule has 0 saturated heterocycles. The molecule has 1 atom stereocenters. The molecular weight excluding hydrogens is 390 g/mol. The fourth-order valence-electron chi connectivity index (χ4n) is 3.41. The topological polar surface area (TPSA) is 112 Å². The Bertz CT molecular complexity index is 904. The van der Waals surface area contributed by atoms with E-state index in [2.05, 4.69) is 10.5 Å². The van der Waals surface area contributed by atoms with Gasteiger partial charge in [0.15, 0.2) is 0 Å². The van der Waals surface area contributed by atoms with E-state index < -0.39 is 16.8 Å². The lowest BCUT2D eigenvalue weighted by atomic mass is 9.79. The number of allylic oxidation sites excluding steroid dienone is 3. The first-order chi connectivity index (χ1) is 14.3. The Morgan fingerprint density at radius 1 is 1.30 bits per heavy atom. The molecule has 0 aliphatic carbocycles. The smallest absolute Gasteiger partial charge is 0.336 e. The molecule has 0 radical (unpaired) electrons. The Hall–Kier alpha value is -3.04. The van der Waals surface area contributed by atoms with Gasteiger partial charge in [0.25, 0.3) is 5.69 Å². The monoisotopic (exact) mass is 417 g/mol. The SMILES string of the molecule is CCOCCON/C(C)=C1\C(C)=NC(C)=C(C(=O)OC)C1c1cccc([N+](=O)[O-])c1. The second-order valence-corrected chi connectivity index (χ2v) is 6.66. The van der Waals surface area contributed by atoms with Crippen LogP contribution in [0.15, 0.2) is 51.8 Å². The van der Waals surface area contributed by atoms with Crippen molar-refractivity contribution < 1.29 is 24.0 Å². The van der Waals surface area contributed by atoms with Gasteiger partial charge in [-0.2, -0.15) is 0 Å². The van der Waals surface area contributed by atoms with Crippen LogP contribution in [0.4, 0.5) is 5.69 Å². The zero-order chi connectivity index (χ0) is 22.3. The van der Waals surface area contributed by atoms with Crippen LogP contribution < -0.4 is 5.48 Å². The molecule has 162 valence electrons. The van der Waals surface area contributed by atoms with Crippen LogP contribution in [-0.2, 0) is 19.1 Å². The fraction of sp³-hybridized carbons (Fsp3) is 0.429. The molecule has 0 spiro atoms. The molecule has 0 bridgehead atoms. The molecule has 1 unspecified atom stereocenters. The van der Waals surface area contributed by atoms with Crippen LogP contribution in [0.5, 0.6) is 0 Å². The highest BCUT2D eigenvalue weighted by Crippen LogP contribution is 2.40. The molecule has 0 amide bonds. The number of non-ortho nitro benzene ring substituents is 1. The third-order valence-corrected chi connectivity index (χ3v) is 4.68. The number of nitrogens with one attached hydrogen (secondary N) is 1. The number of ether oxygens (including phenoxy) is 2. The lowest BCUT2D eigenvalue weighted by Crippen LogP contribution is -2.28. The van der Waals surface area contributed by atoms with Crippen LogP contribution in [-0.4, -0.2) is 43.5 Å². The van der Waals surface area contributed by atoms with E-state index in [9.17, 15) is 14.9 Å². The maximum Gasteiger partial charge on any atom is 0.336 e. The summed E-state index contributed by atoms with van der Waals surface area (Å²) < 4.78 is 10.2. The number of hydrogen-bond acceptors (Lipinski definition) is 8. The van der Waals surface area contributed by atoms with Gasteiger partial charge in [-0.3, -0.25) is 25.4 Å². The number of nitro groups is 1. The number of esters is 1. The number of aliphatic imine (C=N–C) groups is 1. The lowest BCUT2D eigenvalue weighted by Gasteiger charge is -2.29. The second-order valence-electron chi connectivity index (χ2n) is 6.66. The van der Waals surface area contributed by atoms with Crippen molar-refractivity contribution in [2.24, 2.45) is 4.99 Å². The summed E-state index contributed by atoms with van der Waals surface area (Å²) >= 11 is 0. The number of hydroxylamine groups is 1. The van der Waals surface area contributed by atoms with Crippen molar-refractivity contribution in [3.63, 3.8) is 0 Å². The molecule has 1 N–H and O–H groups in total. The van der Waals surface area contributed by atoms with E-state index in [1.807, 2.05) is 13.8 Å². The average molecular weight is 417 g/mol. The van der Waals surface area contributed by atoms with Gasteiger partial charge in [-0.15, -0.1) is 0 Å². The zero-order valence-corrected chi connectivity index (χ0v) is 17.9. The van der Waals surface area contributed by atoms with Crippen molar-refractivity contribution in [2.75, 3.05) is 26.9 Å². The molecule has 0 fully saturated rings. The second kappa shape index (κ2) is 10.7. The van der Waals surface area contributed by atoms with Gasteiger partial charge in [-0.1, -0.05) is 12.1 Å². The number of nitrogens with zero attached hydrogens (tertiary/aromatic N) is 2. The van der Waals surface area contributed by atoms with Crippen molar-refractivity contribution in [3.05, 3.63) is 62.5 Å². The Morgan fingerprint density at radius 3 is 2.67 bits per heavy atom. The largest absolute Gasteiger partial charge is 0.466 e. The van der Waals surface area contributed by atoms with Gasteiger partial charge in [0.2, 0.25) is 0 Å². The van der Waals surface area contributed by atoms with E-state index in [0.29, 0.717) is 53.6 Å². The number of benzene rings is 1. The molecule has 0 saturated carbocycles. The molecular formula is C21H27N3O6.